The average molecular weight is 310 g/mol. The molecule has 0 fully saturated rings. The molecule has 0 saturated heterocycles. The van der Waals surface area contributed by atoms with Gasteiger partial charge in [-0.05, 0) is 53.5 Å². The van der Waals surface area contributed by atoms with Gasteiger partial charge in [0.2, 0.25) is 5.16 Å². The number of tetrazole rings is 1. The van der Waals surface area contributed by atoms with Crippen LogP contribution < -0.4 is 0 Å². The highest BCUT2D eigenvalue weighted by molar-refractivity contribution is 7.98. The molecule has 0 amide bonds. The number of para-hydroxylation sites is 1. The Labute approximate surface area is 134 Å². The Balaban J connectivity index is 1.89. The molecule has 0 radical (unpaired) electrons. The topological polar surface area (TPSA) is 43.6 Å². The molecule has 0 spiro atoms. The van der Waals surface area contributed by atoms with Crippen LogP contribution in [0.4, 0.5) is 0 Å². The molecule has 2 aromatic carbocycles. The molecule has 0 aliphatic heterocycles. The Hall–Kier alpha value is -2.14. The van der Waals surface area contributed by atoms with Gasteiger partial charge in [-0.3, -0.25) is 0 Å². The van der Waals surface area contributed by atoms with E-state index in [1.54, 1.807) is 11.8 Å². The van der Waals surface area contributed by atoms with Crippen molar-refractivity contribution in [1.29, 1.82) is 0 Å². The molecule has 3 rings (SSSR count). The van der Waals surface area contributed by atoms with Gasteiger partial charge < -0.3 is 0 Å². The van der Waals surface area contributed by atoms with Crippen LogP contribution >= 0.6 is 11.8 Å². The van der Waals surface area contributed by atoms with Crippen molar-refractivity contribution in [2.24, 2.45) is 0 Å². The van der Waals surface area contributed by atoms with E-state index >= 15 is 0 Å². The second-order valence-corrected chi connectivity index (χ2v) is 6.27. The van der Waals surface area contributed by atoms with Crippen LogP contribution in [0.25, 0.3) is 5.69 Å². The molecule has 0 atom stereocenters. The van der Waals surface area contributed by atoms with Gasteiger partial charge in [0.1, 0.15) is 0 Å². The summed E-state index contributed by atoms with van der Waals surface area (Å²) < 4.78 is 1.84. The van der Waals surface area contributed by atoms with Crippen molar-refractivity contribution in [3.8, 4) is 5.69 Å². The SMILES string of the molecule is Cc1ccccc1CSc1nnnn1-c1c(C)cccc1C. The smallest absolute Gasteiger partial charge is 0.187 e. The maximum absolute atomic E-state index is 4.18. The molecule has 3 aromatic rings. The number of hydrogen-bond acceptors (Lipinski definition) is 4. The number of rotatable bonds is 4. The zero-order chi connectivity index (χ0) is 15.5. The Morgan fingerprint density at radius 1 is 0.909 bits per heavy atom. The molecule has 4 nitrogen and oxygen atoms in total. The summed E-state index contributed by atoms with van der Waals surface area (Å²) in [5.74, 6) is 0.859. The van der Waals surface area contributed by atoms with Gasteiger partial charge in [0, 0.05) is 5.75 Å². The van der Waals surface area contributed by atoms with Crippen LogP contribution in [0.3, 0.4) is 0 Å². The van der Waals surface area contributed by atoms with Crippen LogP contribution in [0.5, 0.6) is 0 Å². The van der Waals surface area contributed by atoms with E-state index in [2.05, 4.69) is 78.8 Å². The van der Waals surface area contributed by atoms with Gasteiger partial charge in [0.05, 0.1) is 5.69 Å². The first-order valence-electron chi connectivity index (χ1n) is 7.19. The zero-order valence-electron chi connectivity index (χ0n) is 12.9. The second-order valence-electron chi connectivity index (χ2n) is 5.33. The van der Waals surface area contributed by atoms with Gasteiger partial charge in [0.25, 0.3) is 0 Å². The van der Waals surface area contributed by atoms with E-state index in [0.29, 0.717) is 0 Å². The Kier molecular flexibility index (Phi) is 4.24. The third-order valence-corrected chi connectivity index (χ3v) is 4.68. The van der Waals surface area contributed by atoms with Gasteiger partial charge in [-0.25, -0.2) is 0 Å². The lowest BCUT2D eigenvalue weighted by atomic mass is 10.1. The van der Waals surface area contributed by atoms with Crippen LogP contribution in [0.15, 0.2) is 47.6 Å². The molecule has 0 unspecified atom stereocenters. The minimum Gasteiger partial charge on any atom is -0.187 e. The van der Waals surface area contributed by atoms with Crippen LogP contribution in [0, 0.1) is 20.8 Å². The van der Waals surface area contributed by atoms with Crippen LogP contribution in [0.2, 0.25) is 0 Å². The molecule has 5 heteroatoms. The quantitative estimate of drug-likeness (QED) is 0.686. The summed E-state index contributed by atoms with van der Waals surface area (Å²) in [6.45, 7) is 6.30. The maximum Gasteiger partial charge on any atom is 0.214 e. The third-order valence-electron chi connectivity index (χ3n) is 3.71. The van der Waals surface area contributed by atoms with E-state index in [4.69, 9.17) is 0 Å². The van der Waals surface area contributed by atoms with Crippen LogP contribution in [-0.4, -0.2) is 20.2 Å². The molecular formula is C17H18N4S. The van der Waals surface area contributed by atoms with Crippen molar-refractivity contribution in [2.75, 3.05) is 0 Å². The molecule has 0 N–H and O–H groups in total. The monoisotopic (exact) mass is 310 g/mol. The Bertz CT molecular complexity index is 775. The Morgan fingerprint density at radius 3 is 2.32 bits per heavy atom. The number of thioether (sulfide) groups is 1. The minimum atomic E-state index is 0.820. The molecule has 112 valence electrons. The normalized spacial score (nSPS) is 10.9. The van der Waals surface area contributed by atoms with Crippen LogP contribution in [0.1, 0.15) is 22.3 Å². The van der Waals surface area contributed by atoms with Crippen molar-refractivity contribution < 1.29 is 0 Å². The summed E-state index contributed by atoms with van der Waals surface area (Å²) >= 11 is 1.66. The number of aryl methyl sites for hydroxylation is 3. The Morgan fingerprint density at radius 2 is 1.59 bits per heavy atom. The highest BCUT2D eigenvalue weighted by atomic mass is 32.2. The lowest BCUT2D eigenvalue weighted by Gasteiger charge is -2.11. The fourth-order valence-corrected chi connectivity index (χ4v) is 3.42. The fraction of sp³-hybridized carbons (Fsp3) is 0.235. The van der Waals surface area contributed by atoms with Gasteiger partial charge in [-0.2, -0.15) is 4.68 Å². The van der Waals surface area contributed by atoms with E-state index in [1.807, 2.05) is 4.68 Å². The highest BCUT2D eigenvalue weighted by Gasteiger charge is 2.13. The molecule has 0 aliphatic carbocycles. The first-order valence-corrected chi connectivity index (χ1v) is 8.17. The summed E-state index contributed by atoms with van der Waals surface area (Å²) in [6, 6.07) is 14.6. The van der Waals surface area contributed by atoms with Gasteiger partial charge in [0.15, 0.2) is 0 Å². The number of benzene rings is 2. The molecule has 1 aromatic heterocycles. The van der Waals surface area contributed by atoms with Gasteiger partial charge in [-0.15, -0.1) is 5.10 Å². The molecular weight excluding hydrogens is 292 g/mol. The van der Waals surface area contributed by atoms with Crippen molar-refractivity contribution in [3.63, 3.8) is 0 Å². The first kappa shape index (κ1) is 14.8. The summed E-state index contributed by atoms with van der Waals surface area (Å²) in [5.41, 5.74) is 6.01. The third kappa shape index (κ3) is 2.90. The molecule has 0 bridgehead atoms. The van der Waals surface area contributed by atoms with E-state index in [9.17, 15) is 0 Å². The molecule has 22 heavy (non-hydrogen) atoms. The standard InChI is InChI=1S/C17H18N4S/c1-12-7-4-5-10-15(12)11-22-17-18-19-20-21(17)16-13(2)8-6-9-14(16)3/h4-10H,11H2,1-3H3. The summed E-state index contributed by atoms with van der Waals surface area (Å²) in [4.78, 5) is 0. The predicted molar refractivity (Wildman–Crippen MR) is 89.4 cm³/mol. The second kappa shape index (κ2) is 6.32. The van der Waals surface area contributed by atoms with E-state index in [1.165, 1.54) is 22.3 Å². The van der Waals surface area contributed by atoms with Crippen molar-refractivity contribution in [3.05, 3.63) is 64.7 Å². The molecule has 0 saturated carbocycles. The van der Waals surface area contributed by atoms with Gasteiger partial charge >= 0.3 is 0 Å². The molecule has 0 aliphatic rings. The van der Waals surface area contributed by atoms with Crippen LogP contribution in [-0.2, 0) is 5.75 Å². The lowest BCUT2D eigenvalue weighted by molar-refractivity contribution is 0.747. The van der Waals surface area contributed by atoms with E-state index in [0.717, 1.165) is 16.6 Å². The summed E-state index contributed by atoms with van der Waals surface area (Å²) in [7, 11) is 0. The first-order chi connectivity index (χ1) is 10.7. The summed E-state index contributed by atoms with van der Waals surface area (Å²) in [6.07, 6.45) is 0. The number of nitrogens with zero attached hydrogens (tertiary/aromatic N) is 4. The summed E-state index contributed by atoms with van der Waals surface area (Å²) in [5, 5.41) is 13.0. The largest absolute Gasteiger partial charge is 0.214 e. The van der Waals surface area contributed by atoms with E-state index < -0.39 is 0 Å². The number of hydrogen-bond donors (Lipinski definition) is 0. The predicted octanol–water partition coefficient (Wildman–Crippen LogP) is 3.88. The van der Waals surface area contributed by atoms with Crippen molar-refractivity contribution in [1.82, 2.24) is 20.2 Å². The van der Waals surface area contributed by atoms with Crippen molar-refractivity contribution >= 4 is 11.8 Å². The average Bonchev–Trinajstić information content (AvgIpc) is 2.94. The zero-order valence-corrected chi connectivity index (χ0v) is 13.8. The van der Waals surface area contributed by atoms with E-state index in [-0.39, 0.29) is 0 Å². The fourth-order valence-electron chi connectivity index (χ4n) is 2.46. The van der Waals surface area contributed by atoms with Crippen molar-refractivity contribution in [2.45, 2.75) is 31.7 Å². The lowest BCUT2D eigenvalue weighted by Crippen LogP contribution is -2.04. The maximum atomic E-state index is 4.18. The number of aromatic nitrogens is 4. The van der Waals surface area contributed by atoms with Gasteiger partial charge in [-0.1, -0.05) is 54.2 Å². The molecule has 1 heterocycles. The minimum absolute atomic E-state index is 0.820. The highest BCUT2D eigenvalue weighted by Crippen LogP contribution is 2.26.